The van der Waals surface area contributed by atoms with E-state index in [-0.39, 0.29) is 0 Å². The third kappa shape index (κ3) is 4.21. The molecule has 108 valence electrons. The summed E-state index contributed by atoms with van der Waals surface area (Å²) in [5.74, 6) is 3.05. The maximum absolute atomic E-state index is 4.47. The van der Waals surface area contributed by atoms with E-state index in [1.807, 2.05) is 0 Å². The Labute approximate surface area is 120 Å². The molecule has 1 fully saturated rings. The second-order valence-electron chi connectivity index (χ2n) is 5.67. The standard InChI is InChI=1S/C14H26N4S/c1-4-15-12(13-6-5-7-19-13)8-14-16-10-17-18(14)9-11(2)3/h10-13,15H,4-9H2,1-3H3. The average Bonchev–Trinajstić information content (AvgIpc) is 3.00. The maximum Gasteiger partial charge on any atom is 0.138 e. The Balaban J connectivity index is 2.01. The Morgan fingerprint density at radius 1 is 1.53 bits per heavy atom. The third-order valence-electron chi connectivity index (χ3n) is 3.52. The molecule has 1 aliphatic heterocycles. The Hall–Kier alpha value is -0.550. The van der Waals surface area contributed by atoms with Gasteiger partial charge in [0, 0.05) is 24.3 Å². The van der Waals surface area contributed by atoms with Gasteiger partial charge in [-0.2, -0.15) is 16.9 Å². The number of thioether (sulfide) groups is 1. The zero-order valence-corrected chi connectivity index (χ0v) is 13.1. The number of aromatic nitrogens is 3. The lowest BCUT2D eigenvalue weighted by molar-refractivity contribution is 0.434. The average molecular weight is 282 g/mol. The summed E-state index contributed by atoms with van der Waals surface area (Å²) in [5, 5.41) is 8.75. The normalized spacial score (nSPS) is 21.2. The topological polar surface area (TPSA) is 42.7 Å². The van der Waals surface area contributed by atoms with Crippen molar-refractivity contribution in [2.45, 2.75) is 57.9 Å². The van der Waals surface area contributed by atoms with Crippen molar-refractivity contribution in [2.75, 3.05) is 12.3 Å². The molecule has 2 rings (SSSR count). The van der Waals surface area contributed by atoms with E-state index >= 15 is 0 Å². The van der Waals surface area contributed by atoms with E-state index < -0.39 is 0 Å². The van der Waals surface area contributed by atoms with Crippen molar-refractivity contribution < 1.29 is 0 Å². The molecular formula is C14H26N4S. The Bertz CT molecular complexity index is 371. The molecule has 0 amide bonds. The van der Waals surface area contributed by atoms with E-state index in [1.54, 1.807) is 6.33 Å². The lowest BCUT2D eigenvalue weighted by Gasteiger charge is -2.23. The molecule has 0 bridgehead atoms. The molecule has 2 unspecified atom stereocenters. The van der Waals surface area contributed by atoms with Crippen LogP contribution in [0.3, 0.4) is 0 Å². The Kier molecular flexibility index (Phi) is 5.70. The highest BCUT2D eigenvalue weighted by Gasteiger charge is 2.26. The van der Waals surface area contributed by atoms with Gasteiger partial charge in [0.25, 0.3) is 0 Å². The fourth-order valence-corrected chi connectivity index (χ4v) is 4.05. The van der Waals surface area contributed by atoms with E-state index in [9.17, 15) is 0 Å². The van der Waals surface area contributed by atoms with Gasteiger partial charge in [-0.05, 0) is 31.1 Å². The molecule has 5 heteroatoms. The van der Waals surface area contributed by atoms with E-state index in [0.717, 1.165) is 30.6 Å². The van der Waals surface area contributed by atoms with Gasteiger partial charge in [-0.3, -0.25) is 0 Å². The molecule has 2 atom stereocenters. The van der Waals surface area contributed by atoms with E-state index in [0.29, 0.717) is 12.0 Å². The molecule has 1 aromatic heterocycles. The number of nitrogens with one attached hydrogen (secondary N) is 1. The third-order valence-corrected chi connectivity index (χ3v) is 5.03. The lowest BCUT2D eigenvalue weighted by atomic mass is 10.1. The SMILES string of the molecule is CCNC(Cc1ncnn1CC(C)C)C1CCCS1. The first kappa shape index (κ1) is 14.9. The summed E-state index contributed by atoms with van der Waals surface area (Å²) in [6, 6.07) is 0.535. The fourth-order valence-electron chi connectivity index (χ4n) is 2.66. The van der Waals surface area contributed by atoms with Crippen LogP contribution in [0.2, 0.25) is 0 Å². The number of nitrogens with zero attached hydrogens (tertiary/aromatic N) is 3. The summed E-state index contributed by atoms with van der Waals surface area (Å²) >= 11 is 2.11. The van der Waals surface area contributed by atoms with Crippen molar-refractivity contribution >= 4 is 11.8 Å². The van der Waals surface area contributed by atoms with Gasteiger partial charge in [0.15, 0.2) is 0 Å². The summed E-state index contributed by atoms with van der Waals surface area (Å²) in [5.41, 5.74) is 0. The first-order valence-corrected chi connectivity index (χ1v) is 8.47. The van der Waals surface area contributed by atoms with Crippen molar-refractivity contribution in [3.05, 3.63) is 12.2 Å². The molecule has 0 saturated carbocycles. The smallest absolute Gasteiger partial charge is 0.138 e. The number of hydrogen-bond donors (Lipinski definition) is 1. The number of rotatable bonds is 7. The van der Waals surface area contributed by atoms with Crippen LogP contribution in [0.25, 0.3) is 0 Å². The second-order valence-corrected chi connectivity index (χ2v) is 7.02. The molecule has 0 radical (unpaired) electrons. The van der Waals surface area contributed by atoms with Gasteiger partial charge in [0.2, 0.25) is 0 Å². The first-order chi connectivity index (χ1) is 9.20. The highest BCUT2D eigenvalue weighted by Crippen LogP contribution is 2.29. The van der Waals surface area contributed by atoms with Crippen LogP contribution < -0.4 is 5.32 Å². The highest BCUT2D eigenvalue weighted by atomic mass is 32.2. The maximum atomic E-state index is 4.47. The minimum atomic E-state index is 0.535. The minimum absolute atomic E-state index is 0.535. The first-order valence-electron chi connectivity index (χ1n) is 7.42. The van der Waals surface area contributed by atoms with Crippen LogP contribution in [-0.4, -0.2) is 38.4 Å². The summed E-state index contributed by atoms with van der Waals surface area (Å²) < 4.78 is 2.08. The molecule has 1 saturated heterocycles. The van der Waals surface area contributed by atoms with Crippen LogP contribution in [0.5, 0.6) is 0 Å². The van der Waals surface area contributed by atoms with Gasteiger partial charge in [-0.15, -0.1) is 0 Å². The minimum Gasteiger partial charge on any atom is -0.313 e. The van der Waals surface area contributed by atoms with Crippen molar-refractivity contribution in [1.29, 1.82) is 0 Å². The van der Waals surface area contributed by atoms with Gasteiger partial charge in [0.05, 0.1) is 0 Å². The molecule has 4 nitrogen and oxygen atoms in total. The molecule has 0 aromatic carbocycles. The van der Waals surface area contributed by atoms with Gasteiger partial charge in [-0.1, -0.05) is 20.8 Å². The monoisotopic (exact) mass is 282 g/mol. The molecule has 1 aromatic rings. The number of hydrogen-bond acceptors (Lipinski definition) is 4. The number of likely N-dealkylation sites (N-methyl/N-ethyl adjacent to an activating group) is 1. The highest BCUT2D eigenvalue weighted by molar-refractivity contribution is 8.00. The van der Waals surface area contributed by atoms with Crippen LogP contribution in [0, 0.1) is 5.92 Å². The van der Waals surface area contributed by atoms with Crippen LogP contribution in [0.4, 0.5) is 0 Å². The van der Waals surface area contributed by atoms with Crippen molar-refractivity contribution in [3.63, 3.8) is 0 Å². The van der Waals surface area contributed by atoms with Gasteiger partial charge < -0.3 is 5.32 Å². The van der Waals surface area contributed by atoms with Crippen molar-refractivity contribution in [1.82, 2.24) is 20.1 Å². The second kappa shape index (κ2) is 7.29. The zero-order valence-electron chi connectivity index (χ0n) is 12.3. The summed E-state index contributed by atoms with van der Waals surface area (Å²) in [7, 11) is 0. The van der Waals surface area contributed by atoms with E-state index in [4.69, 9.17) is 0 Å². The van der Waals surface area contributed by atoms with Crippen LogP contribution in [-0.2, 0) is 13.0 Å². The van der Waals surface area contributed by atoms with Crippen LogP contribution in [0.15, 0.2) is 6.33 Å². The van der Waals surface area contributed by atoms with E-state index in [1.165, 1.54) is 18.6 Å². The molecule has 0 aliphatic carbocycles. The quantitative estimate of drug-likeness (QED) is 0.833. The summed E-state index contributed by atoms with van der Waals surface area (Å²) in [4.78, 5) is 4.47. The fraction of sp³-hybridized carbons (Fsp3) is 0.857. The predicted octanol–water partition coefficient (Wildman–Crippen LogP) is 2.35. The zero-order chi connectivity index (χ0) is 13.7. The lowest BCUT2D eigenvalue weighted by Crippen LogP contribution is -2.39. The molecular weight excluding hydrogens is 256 g/mol. The van der Waals surface area contributed by atoms with Crippen molar-refractivity contribution in [2.24, 2.45) is 5.92 Å². The molecule has 2 heterocycles. The van der Waals surface area contributed by atoms with Gasteiger partial charge in [-0.25, -0.2) is 9.67 Å². The molecule has 0 spiro atoms. The summed E-state index contributed by atoms with van der Waals surface area (Å²) in [6.07, 6.45) is 5.39. The van der Waals surface area contributed by atoms with Gasteiger partial charge in [0.1, 0.15) is 12.2 Å². The van der Waals surface area contributed by atoms with Crippen LogP contribution in [0.1, 0.15) is 39.4 Å². The molecule has 1 aliphatic rings. The Morgan fingerprint density at radius 2 is 2.37 bits per heavy atom. The van der Waals surface area contributed by atoms with E-state index in [2.05, 4.69) is 52.6 Å². The molecule has 1 N–H and O–H groups in total. The largest absolute Gasteiger partial charge is 0.313 e. The summed E-state index contributed by atoms with van der Waals surface area (Å²) in [6.45, 7) is 8.62. The molecule has 19 heavy (non-hydrogen) atoms. The predicted molar refractivity (Wildman–Crippen MR) is 81.5 cm³/mol. The Morgan fingerprint density at radius 3 is 3.00 bits per heavy atom. The van der Waals surface area contributed by atoms with Gasteiger partial charge >= 0.3 is 0 Å². The van der Waals surface area contributed by atoms with Crippen molar-refractivity contribution in [3.8, 4) is 0 Å². The van der Waals surface area contributed by atoms with Crippen LogP contribution >= 0.6 is 11.8 Å².